The van der Waals surface area contributed by atoms with Gasteiger partial charge in [-0.25, -0.2) is 13.8 Å². The zero-order valence-corrected chi connectivity index (χ0v) is 22.6. The van der Waals surface area contributed by atoms with Crippen LogP contribution in [-0.4, -0.2) is 78.3 Å². The normalized spacial score (nSPS) is 17.5. The molecule has 0 aliphatic carbocycles. The average molecular weight is 567 g/mol. The van der Waals surface area contributed by atoms with E-state index >= 15 is 0 Å². The smallest absolute Gasteiger partial charge is 0.262 e. The summed E-state index contributed by atoms with van der Waals surface area (Å²) < 4.78 is 34.3. The quantitative estimate of drug-likeness (QED) is 0.394. The second kappa shape index (κ2) is 12.7. The Bertz CT molecular complexity index is 1410. The molecule has 1 saturated heterocycles. The molecule has 1 atom stereocenters. The number of benzene rings is 3. The number of halogens is 3. The fourth-order valence-electron chi connectivity index (χ4n) is 4.96. The van der Waals surface area contributed by atoms with Crippen LogP contribution in [0.2, 0.25) is 5.02 Å². The van der Waals surface area contributed by atoms with E-state index in [2.05, 4.69) is 10.0 Å². The Morgan fingerprint density at radius 1 is 1.00 bits per heavy atom. The highest BCUT2D eigenvalue weighted by molar-refractivity contribution is 6.34. The van der Waals surface area contributed by atoms with Crippen LogP contribution >= 0.6 is 11.6 Å². The van der Waals surface area contributed by atoms with Crippen molar-refractivity contribution in [1.29, 1.82) is 0 Å². The number of hydrogen-bond acceptors (Lipinski definition) is 5. The van der Waals surface area contributed by atoms with Gasteiger partial charge in [0.15, 0.2) is 0 Å². The maximum absolute atomic E-state index is 14.9. The van der Waals surface area contributed by atoms with Gasteiger partial charge in [-0.3, -0.25) is 14.5 Å². The molecule has 2 aliphatic rings. The standard InChI is InChI=1S/C30H29ClF2N4O3/c31-25-10-3-1-8-23(25)27-19-28(24-9-2-4-11-26(24)33)37(34-27)29(38)20-36(13-12-35-14-16-40-17-15-35)30(39)21-6-5-7-22(32)18-21/h1-11,18,28H,12-17,19-20H2. The molecule has 0 N–H and O–H groups in total. The zero-order valence-electron chi connectivity index (χ0n) is 21.8. The maximum Gasteiger partial charge on any atom is 0.262 e. The van der Waals surface area contributed by atoms with Gasteiger partial charge in [-0.15, -0.1) is 0 Å². The largest absolute Gasteiger partial charge is 0.379 e. The molecule has 0 radical (unpaired) electrons. The number of carbonyl (C=O) groups excluding carboxylic acids is 2. The van der Waals surface area contributed by atoms with Crippen molar-refractivity contribution in [3.8, 4) is 0 Å². The Hall–Kier alpha value is -3.66. The molecule has 0 aromatic heterocycles. The molecule has 0 saturated carbocycles. The fourth-order valence-corrected chi connectivity index (χ4v) is 5.21. The Morgan fingerprint density at radius 3 is 2.50 bits per heavy atom. The van der Waals surface area contributed by atoms with E-state index < -0.39 is 29.5 Å². The topological polar surface area (TPSA) is 65.5 Å². The van der Waals surface area contributed by atoms with E-state index in [1.165, 1.54) is 34.2 Å². The van der Waals surface area contributed by atoms with Crippen molar-refractivity contribution in [2.24, 2.45) is 5.10 Å². The summed E-state index contributed by atoms with van der Waals surface area (Å²) in [5.41, 5.74) is 1.66. The highest BCUT2D eigenvalue weighted by atomic mass is 35.5. The number of nitrogens with zero attached hydrogens (tertiary/aromatic N) is 4. The van der Waals surface area contributed by atoms with Crippen LogP contribution in [-0.2, 0) is 9.53 Å². The molecule has 1 fully saturated rings. The summed E-state index contributed by atoms with van der Waals surface area (Å²) in [6.45, 7) is 3.04. The van der Waals surface area contributed by atoms with E-state index in [0.29, 0.717) is 54.7 Å². The summed E-state index contributed by atoms with van der Waals surface area (Å²) in [7, 11) is 0. The van der Waals surface area contributed by atoms with Crippen LogP contribution in [0.15, 0.2) is 77.9 Å². The van der Waals surface area contributed by atoms with Gasteiger partial charge in [0.05, 0.1) is 25.0 Å². The molecule has 5 rings (SSSR count). The minimum absolute atomic E-state index is 0.141. The molecule has 7 nitrogen and oxygen atoms in total. The van der Waals surface area contributed by atoms with Crippen LogP contribution in [0.4, 0.5) is 8.78 Å². The van der Waals surface area contributed by atoms with E-state index in [0.717, 1.165) is 6.07 Å². The summed E-state index contributed by atoms with van der Waals surface area (Å²) in [6, 6.07) is 18.1. The number of hydrogen-bond donors (Lipinski definition) is 0. The van der Waals surface area contributed by atoms with Crippen molar-refractivity contribution >= 4 is 29.1 Å². The predicted molar refractivity (Wildman–Crippen MR) is 148 cm³/mol. The molecule has 0 spiro atoms. The van der Waals surface area contributed by atoms with Gasteiger partial charge in [0.2, 0.25) is 0 Å². The van der Waals surface area contributed by atoms with Crippen LogP contribution < -0.4 is 0 Å². The first-order chi connectivity index (χ1) is 19.4. The molecule has 208 valence electrons. The van der Waals surface area contributed by atoms with Crippen molar-refractivity contribution in [2.75, 3.05) is 45.9 Å². The van der Waals surface area contributed by atoms with Gasteiger partial charge in [0, 0.05) is 54.3 Å². The molecule has 10 heteroatoms. The number of carbonyl (C=O) groups is 2. The van der Waals surface area contributed by atoms with E-state index in [1.807, 2.05) is 6.07 Å². The van der Waals surface area contributed by atoms with Crippen LogP contribution in [0.3, 0.4) is 0 Å². The number of amides is 2. The van der Waals surface area contributed by atoms with Crippen LogP contribution in [0.25, 0.3) is 0 Å². The third-order valence-electron chi connectivity index (χ3n) is 7.09. The summed E-state index contributed by atoms with van der Waals surface area (Å²) in [5, 5.41) is 6.31. The summed E-state index contributed by atoms with van der Waals surface area (Å²) >= 11 is 6.42. The van der Waals surface area contributed by atoms with E-state index in [1.54, 1.807) is 36.4 Å². The number of ether oxygens (including phenoxy) is 1. The molecule has 1 unspecified atom stereocenters. The van der Waals surface area contributed by atoms with Crippen molar-refractivity contribution in [3.63, 3.8) is 0 Å². The Morgan fingerprint density at radius 2 is 1.75 bits per heavy atom. The molecular formula is C30H29ClF2N4O3. The predicted octanol–water partition coefficient (Wildman–Crippen LogP) is 4.77. The minimum Gasteiger partial charge on any atom is -0.379 e. The highest BCUT2D eigenvalue weighted by Gasteiger charge is 2.36. The van der Waals surface area contributed by atoms with Crippen molar-refractivity contribution in [1.82, 2.24) is 14.8 Å². The van der Waals surface area contributed by atoms with Gasteiger partial charge >= 0.3 is 0 Å². The highest BCUT2D eigenvalue weighted by Crippen LogP contribution is 2.35. The van der Waals surface area contributed by atoms with E-state index in [4.69, 9.17) is 16.3 Å². The molecule has 3 aromatic rings. The second-order valence-electron chi connectivity index (χ2n) is 9.70. The molecular weight excluding hydrogens is 538 g/mol. The molecule has 0 bridgehead atoms. The first kappa shape index (κ1) is 27.9. The number of rotatable bonds is 8. The number of hydrazone groups is 1. The molecule has 3 aromatic carbocycles. The van der Waals surface area contributed by atoms with Crippen molar-refractivity contribution in [3.05, 3.63) is 106 Å². The molecule has 2 heterocycles. The first-order valence-corrected chi connectivity index (χ1v) is 13.5. The number of morpholine rings is 1. The Kier molecular flexibility index (Phi) is 8.84. The van der Waals surface area contributed by atoms with Crippen LogP contribution in [0.5, 0.6) is 0 Å². The summed E-state index contributed by atoms with van der Waals surface area (Å²) in [6.07, 6.45) is 0.252. The Labute approximate surface area is 236 Å². The third-order valence-corrected chi connectivity index (χ3v) is 7.42. The van der Waals surface area contributed by atoms with Gasteiger partial charge in [0.1, 0.15) is 18.2 Å². The minimum atomic E-state index is -0.717. The monoisotopic (exact) mass is 566 g/mol. The van der Waals surface area contributed by atoms with Gasteiger partial charge in [-0.05, 0) is 30.3 Å². The van der Waals surface area contributed by atoms with Gasteiger partial charge in [0.25, 0.3) is 11.8 Å². The second-order valence-corrected chi connectivity index (χ2v) is 10.1. The lowest BCUT2D eigenvalue weighted by atomic mass is 9.98. The van der Waals surface area contributed by atoms with E-state index in [9.17, 15) is 18.4 Å². The SMILES string of the molecule is O=C(c1cccc(F)c1)N(CCN1CCOCC1)CC(=O)N1N=C(c2ccccc2Cl)CC1c1ccccc1F. The zero-order chi connectivity index (χ0) is 28.1. The van der Waals surface area contributed by atoms with Gasteiger partial charge in [-0.2, -0.15) is 5.10 Å². The maximum atomic E-state index is 14.9. The van der Waals surface area contributed by atoms with Gasteiger partial charge < -0.3 is 9.64 Å². The van der Waals surface area contributed by atoms with Gasteiger partial charge in [-0.1, -0.05) is 54.1 Å². The first-order valence-electron chi connectivity index (χ1n) is 13.1. The fraction of sp³-hybridized carbons (Fsp3) is 0.300. The van der Waals surface area contributed by atoms with E-state index in [-0.39, 0.29) is 25.1 Å². The Balaban J connectivity index is 1.43. The average Bonchev–Trinajstić information content (AvgIpc) is 3.41. The summed E-state index contributed by atoms with van der Waals surface area (Å²) in [5.74, 6) is -1.96. The van der Waals surface area contributed by atoms with Crippen molar-refractivity contribution < 1.29 is 23.1 Å². The lowest BCUT2D eigenvalue weighted by Gasteiger charge is -2.31. The molecule has 2 amide bonds. The van der Waals surface area contributed by atoms with Crippen LogP contribution in [0.1, 0.15) is 33.9 Å². The molecule has 40 heavy (non-hydrogen) atoms. The lowest BCUT2D eigenvalue weighted by molar-refractivity contribution is -0.133. The summed E-state index contributed by atoms with van der Waals surface area (Å²) in [4.78, 5) is 30.9. The van der Waals surface area contributed by atoms with Crippen LogP contribution in [0, 0.1) is 11.6 Å². The third kappa shape index (κ3) is 6.38. The van der Waals surface area contributed by atoms with Crippen molar-refractivity contribution in [2.45, 2.75) is 12.5 Å². The molecule has 2 aliphatic heterocycles. The lowest BCUT2D eigenvalue weighted by Crippen LogP contribution is -2.46.